The maximum atomic E-state index is 6.06. The number of hydrogen-bond donors (Lipinski definition) is 0. The normalized spacial score (nSPS) is 11.4. The molecule has 1 aromatic heterocycles. The molecule has 0 aromatic carbocycles. The summed E-state index contributed by atoms with van der Waals surface area (Å²) >= 11 is 6.06. The van der Waals surface area contributed by atoms with E-state index in [1.54, 1.807) is 6.33 Å². The van der Waals surface area contributed by atoms with Crippen LogP contribution in [0.2, 0.25) is 5.15 Å². The van der Waals surface area contributed by atoms with E-state index in [9.17, 15) is 0 Å². The molecule has 0 aliphatic heterocycles. The Kier molecular flexibility index (Phi) is 3.87. The molecule has 78 valence electrons. The largest absolute Gasteiger partial charge is 0.241 e. The van der Waals surface area contributed by atoms with E-state index in [4.69, 9.17) is 11.6 Å². The lowest BCUT2D eigenvalue weighted by molar-refractivity contribution is 0.622. The van der Waals surface area contributed by atoms with Crippen LogP contribution in [-0.4, -0.2) is 9.97 Å². The molecule has 2 nitrogen and oxygen atoms in total. The van der Waals surface area contributed by atoms with Gasteiger partial charge in [0.15, 0.2) is 0 Å². The summed E-state index contributed by atoms with van der Waals surface area (Å²) in [6.45, 7) is 8.60. The first-order valence-electron chi connectivity index (χ1n) is 5.01. The second-order valence-electron chi connectivity index (χ2n) is 4.28. The fourth-order valence-corrected chi connectivity index (χ4v) is 1.90. The van der Waals surface area contributed by atoms with Crippen LogP contribution in [0.5, 0.6) is 0 Å². The van der Waals surface area contributed by atoms with Crippen molar-refractivity contribution in [2.24, 2.45) is 5.92 Å². The summed E-state index contributed by atoms with van der Waals surface area (Å²) in [4.78, 5) is 8.33. The first-order chi connectivity index (χ1) is 6.52. The monoisotopic (exact) mass is 212 g/mol. The first kappa shape index (κ1) is 11.4. The Bertz CT molecular complexity index is 308. The highest BCUT2D eigenvalue weighted by atomic mass is 35.5. The summed E-state index contributed by atoms with van der Waals surface area (Å²) in [5.74, 6) is 0.982. The van der Waals surface area contributed by atoms with Crippen LogP contribution in [0.4, 0.5) is 0 Å². The maximum Gasteiger partial charge on any atom is 0.136 e. The standard InChI is InChI=1S/C11H17ClN2/c1-7(2)5-9-10(8(3)4)11(12)14-6-13-9/h6-8H,5H2,1-4H3. The van der Waals surface area contributed by atoms with Crippen LogP contribution in [0.3, 0.4) is 0 Å². The minimum atomic E-state index is 0.387. The van der Waals surface area contributed by atoms with Crippen LogP contribution >= 0.6 is 11.6 Å². The van der Waals surface area contributed by atoms with Crippen LogP contribution < -0.4 is 0 Å². The molecule has 1 heterocycles. The number of aromatic nitrogens is 2. The summed E-state index contributed by atoms with van der Waals surface area (Å²) in [6.07, 6.45) is 2.52. The molecule has 3 heteroatoms. The molecule has 0 aliphatic carbocycles. The van der Waals surface area contributed by atoms with E-state index in [1.807, 2.05) is 0 Å². The summed E-state index contributed by atoms with van der Waals surface area (Å²) in [5, 5.41) is 0.602. The van der Waals surface area contributed by atoms with Crippen molar-refractivity contribution in [2.45, 2.75) is 40.0 Å². The molecule has 0 aliphatic rings. The fourth-order valence-electron chi connectivity index (χ4n) is 1.53. The number of nitrogens with zero attached hydrogens (tertiary/aromatic N) is 2. The van der Waals surface area contributed by atoms with Crippen molar-refractivity contribution in [1.82, 2.24) is 9.97 Å². The average molecular weight is 213 g/mol. The third-order valence-electron chi connectivity index (χ3n) is 2.10. The zero-order valence-electron chi connectivity index (χ0n) is 9.21. The summed E-state index contributed by atoms with van der Waals surface area (Å²) in [6, 6.07) is 0. The third-order valence-corrected chi connectivity index (χ3v) is 2.40. The lowest BCUT2D eigenvalue weighted by atomic mass is 9.97. The van der Waals surface area contributed by atoms with Crippen LogP contribution in [0, 0.1) is 5.92 Å². The molecular formula is C11H17ClN2. The molecule has 14 heavy (non-hydrogen) atoms. The molecule has 0 atom stereocenters. The van der Waals surface area contributed by atoms with Crippen molar-refractivity contribution in [3.8, 4) is 0 Å². The predicted octanol–water partition coefficient (Wildman–Crippen LogP) is 3.45. The van der Waals surface area contributed by atoms with E-state index < -0.39 is 0 Å². The van der Waals surface area contributed by atoms with Crippen LogP contribution in [0.25, 0.3) is 0 Å². The number of rotatable bonds is 3. The quantitative estimate of drug-likeness (QED) is 0.718. The van der Waals surface area contributed by atoms with E-state index in [1.165, 1.54) is 0 Å². The van der Waals surface area contributed by atoms with Gasteiger partial charge < -0.3 is 0 Å². The second-order valence-corrected chi connectivity index (χ2v) is 4.64. The van der Waals surface area contributed by atoms with Gasteiger partial charge in [-0.2, -0.15) is 0 Å². The van der Waals surface area contributed by atoms with E-state index in [2.05, 4.69) is 37.7 Å². The van der Waals surface area contributed by atoms with Crippen molar-refractivity contribution in [1.29, 1.82) is 0 Å². The van der Waals surface area contributed by atoms with Crippen molar-refractivity contribution < 1.29 is 0 Å². The van der Waals surface area contributed by atoms with E-state index >= 15 is 0 Å². The maximum absolute atomic E-state index is 6.06. The van der Waals surface area contributed by atoms with Crippen molar-refractivity contribution in [3.63, 3.8) is 0 Å². The Labute approximate surface area is 90.7 Å². The Morgan fingerprint density at radius 1 is 1.21 bits per heavy atom. The van der Waals surface area contributed by atoms with Gasteiger partial charge in [-0.25, -0.2) is 9.97 Å². The minimum absolute atomic E-state index is 0.387. The molecule has 0 N–H and O–H groups in total. The molecule has 0 amide bonds. The number of halogens is 1. The highest BCUT2D eigenvalue weighted by Crippen LogP contribution is 2.25. The van der Waals surface area contributed by atoms with Crippen molar-refractivity contribution >= 4 is 11.6 Å². The van der Waals surface area contributed by atoms with Gasteiger partial charge in [0, 0.05) is 11.3 Å². The van der Waals surface area contributed by atoms with Gasteiger partial charge >= 0.3 is 0 Å². The van der Waals surface area contributed by atoms with Gasteiger partial charge in [0.05, 0.1) is 0 Å². The first-order valence-corrected chi connectivity index (χ1v) is 5.39. The average Bonchev–Trinajstić information content (AvgIpc) is 2.01. The van der Waals surface area contributed by atoms with Gasteiger partial charge in [-0.05, 0) is 18.3 Å². The van der Waals surface area contributed by atoms with Crippen LogP contribution in [-0.2, 0) is 6.42 Å². The Balaban J connectivity index is 3.08. The van der Waals surface area contributed by atoms with Gasteiger partial charge in [0.1, 0.15) is 11.5 Å². The molecule has 1 aromatic rings. The fraction of sp³-hybridized carbons (Fsp3) is 0.636. The van der Waals surface area contributed by atoms with Gasteiger partial charge in [-0.1, -0.05) is 39.3 Å². The summed E-state index contributed by atoms with van der Waals surface area (Å²) in [7, 11) is 0. The Hall–Kier alpha value is -0.630. The summed E-state index contributed by atoms with van der Waals surface area (Å²) < 4.78 is 0. The van der Waals surface area contributed by atoms with Crippen molar-refractivity contribution in [3.05, 3.63) is 22.7 Å². The molecule has 0 saturated carbocycles. The lowest BCUT2D eigenvalue weighted by Crippen LogP contribution is -2.05. The topological polar surface area (TPSA) is 25.8 Å². The van der Waals surface area contributed by atoms with E-state index in [0.717, 1.165) is 17.7 Å². The molecule has 0 fully saturated rings. The molecule has 1 rings (SSSR count). The molecular weight excluding hydrogens is 196 g/mol. The molecule has 0 bridgehead atoms. The van der Waals surface area contributed by atoms with Crippen LogP contribution in [0.1, 0.15) is 44.9 Å². The Morgan fingerprint density at radius 2 is 1.86 bits per heavy atom. The molecule has 0 radical (unpaired) electrons. The smallest absolute Gasteiger partial charge is 0.136 e. The SMILES string of the molecule is CC(C)Cc1ncnc(Cl)c1C(C)C. The lowest BCUT2D eigenvalue weighted by Gasteiger charge is -2.13. The Morgan fingerprint density at radius 3 is 2.36 bits per heavy atom. The highest BCUT2D eigenvalue weighted by molar-refractivity contribution is 6.30. The predicted molar refractivity (Wildman–Crippen MR) is 59.7 cm³/mol. The van der Waals surface area contributed by atoms with E-state index in [-0.39, 0.29) is 0 Å². The van der Waals surface area contributed by atoms with Gasteiger partial charge in [-0.3, -0.25) is 0 Å². The highest BCUT2D eigenvalue weighted by Gasteiger charge is 2.13. The second kappa shape index (κ2) is 4.74. The molecule has 0 spiro atoms. The van der Waals surface area contributed by atoms with Gasteiger partial charge in [0.2, 0.25) is 0 Å². The third kappa shape index (κ3) is 2.68. The molecule has 0 saturated heterocycles. The van der Waals surface area contributed by atoms with E-state index in [0.29, 0.717) is 17.0 Å². The molecule has 0 unspecified atom stereocenters. The van der Waals surface area contributed by atoms with Crippen molar-refractivity contribution in [2.75, 3.05) is 0 Å². The minimum Gasteiger partial charge on any atom is -0.241 e. The van der Waals surface area contributed by atoms with Crippen LogP contribution in [0.15, 0.2) is 6.33 Å². The van der Waals surface area contributed by atoms with Gasteiger partial charge in [0.25, 0.3) is 0 Å². The van der Waals surface area contributed by atoms with Gasteiger partial charge in [-0.15, -0.1) is 0 Å². The zero-order chi connectivity index (χ0) is 10.7. The number of hydrogen-bond acceptors (Lipinski definition) is 2. The zero-order valence-corrected chi connectivity index (χ0v) is 9.97. The summed E-state index contributed by atoms with van der Waals surface area (Å²) in [5.41, 5.74) is 2.19.